The number of anilines is 1. The molecule has 22 heavy (non-hydrogen) atoms. The molecule has 4 N–H and O–H groups in total. The highest BCUT2D eigenvalue weighted by atomic mass is 32.2. The number of nitrogens with one attached hydrogen (secondary N) is 1. The molecule has 0 spiro atoms. The highest BCUT2D eigenvalue weighted by Gasteiger charge is 2.19. The smallest absolute Gasteiger partial charge is 0.321 e. The number of hydrogen-bond donors (Lipinski definition) is 3. The van der Waals surface area contributed by atoms with Crippen molar-refractivity contribution in [1.82, 2.24) is 4.72 Å². The van der Waals surface area contributed by atoms with Crippen LogP contribution in [0.15, 0.2) is 29.2 Å². The van der Waals surface area contributed by atoms with Gasteiger partial charge in [-0.25, -0.2) is 13.1 Å². The summed E-state index contributed by atoms with van der Waals surface area (Å²) in [5.74, 6) is -1.26. The number of nitrogens with zero attached hydrogens (tertiary/aromatic N) is 1. The summed E-state index contributed by atoms with van der Waals surface area (Å²) in [5.41, 5.74) is 6.20. The number of ether oxygens (including phenoxy) is 1. The fourth-order valence-electron chi connectivity index (χ4n) is 2.03. The fraction of sp³-hybridized carbons (Fsp3) is 0.462. The van der Waals surface area contributed by atoms with Gasteiger partial charge in [-0.3, -0.25) is 4.79 Å². The van der Waals surface area contributed by atoms with E-state index < -0.39 is 22.0 Å². The standard InChI is InChI=1S/C13H19N3O5S/c14-12(13(17)18)9-15-22(19,20)11-3-1-10(2-4-11)16-5-7-21-8-6-16/h1-4,12,15H,5-9,14H2,(H,17,18). The average Bonchev–Trinajstić information content (AvgIpc) is 2.53. The second-order valence-corrected chi connectivity index (χ2v) is 6.66. The molecule has 0 aromatic heterocycles. The van der Waals surface area contributed by atoms with Gasteiger partial charge in [0.15, 0.2) is 0 Å². The lowest BCUT2D eigenvalue weighted by atomic mass is 10.2. The first-order valence-electron chi connectivity index (χ1n) is 6.81. The first-order chi connectivity index (χ1) is 10.4. The van der Waals surface area contributed by atoms with Crippen molar-refractivity contribution in [2.45, 2.75) is 10.9 Å². The molecule has 1 aliphatic rings. The number of morpholine rings is 1. The van der Waals surface area contributed by atoms with Crippen LogP contribution in [0.2, 0.25) is 0 Å². The number of carbonyl (C=O) groups is 1. The Morgan fingerprint density at radius 3 is 2.45 bits per heavy atom. The van der Waals surface area contributed by atoms with Crippen molar-refractivity contribution in [3.63, 3.8) is 0 Å². The number of rotatable bonds is 6. The van der Waals surface area contributed by atoms with E-state index in [1.807, 2.05) is 0 Å². The van der Waals surface area contributed by atoms with Gasteiger partial charge in [0.1, 0.15) is 6.04 Å². The number of nitrogens with two attached hydrogens (primary N) is 1. The third kappa shape index (κ3) is 4.17. The van der Waals surface area contributed by atoms with Crippen LogP contribution < -0.4 is 15.4 Å². The predicted molar refractivity (Wildman–Crippen MR) is 80.3 cm³/mol. The molecule has 1 atom stereocenters. The summed E-state index contributed by atoms with van der Waals surface area (Å²) < 4.78 is 31.6. The maximum absolute atomic E-state index is 12.1. The van der Waals surface area contributed by atoms with Gasteiger partial charge in [0, 0.05) is 25.3 Å². The van der Waals surface area contributed by atoms with Gasteiger partial charge in [-0.2, -0.15) is 0 Å². The van der Waals surface area contributed by atoms with E-state index in [0.29, 0.717) is 13.2 Å². The minimum atomic E-state index is -3.77. The Bertz CT molecular complexity index is 611. The summed E-state index contributed by atoms with van der Waals surface area (Å²) in [6.07, 6.45) is 0. The molecule has 0 amide bonds. The van der Waals surface area contributed by atoms with E-state index in [1.54, 1.807) is 12.1 Å². The SMILES string of the molecule is NC(CNS(=O)(=O)c1ccc(N2CCOCC2)cc1)C(=O)O. The summed E-state index contributed by atoms with van der Waals surface area (Å²) in [6.45, 7) is 2.46. The molecule has 8 nitrogen and oxygen atoms in total. The molecule has 0 aliphatic carbocycles. The van der Waals surface area contributed by atoms with Crippen molar-refractivity contribution >= 4 is 21.7 Å². The van der Waals surface area contributed by atoms with Gasteiger partial charge in [-0.1, -0.05) is 0 Å². The Morgan fingerprint density at radius 2 is 1.91 bits per heavy atom. The normalized spacial score (nSPS) is 17.2. The molecule has 1 aliphatic heterocycles. The molecule has 1 fully saturated rings. The van der Waals surface area contributed by atoms with E-state index in [4.69, 9.17) is 15.6 Å². The largest absolute Gasteiger partial charge is 0.480 e. The number of sulfonamides is 1. The Balaban J connectivity index is 2.03. The van der Waals surface area contributed by atoms with Gasteiger partial charge in [0.2, 0.25) is 10.0 Å². The number of hydrogen-bond acceptors (Lipinski definition) is 6. The van der Waals surface area contributed by atoms with Gasteiger partial charge in [-0.15, -0.1) is 0 Å². The quantitative estimate of drug-likeness (QED) is 0.625. The summed E-state index contributed by atoms with van der Waals surface area (Å²) in [6, 6.07) is 5.13. The van der Waals surface area contributed by atoms with Crippen LogP contribution in [0.4, 0.5) is 5.69 Å². The molecule has 0 saturated carbocycles. The number of carboxylic acid groups (broad SMARTS) is 1. The molecule has 0 bridgehead atoms. The molecule has 1 aromatic carbocycles. The van der Waals surface area contributed by atoms with E-state index in [9.17, 15) is 13.2 Å². The van der Waals surface area contributed by atoms with Crippen LogP contribution in [-0.2, 0) is 19.6 Å². The zero-order valence-corrected chi connectivity index (χ0v) is 12.8. The zero-order chi connectivity index (χ0) is 16.2. The second kappa shape index (κ2) is 7.05. The topological polar surface area (TPSA) is 122 Å². The summed E-state index contributed by atoms with van der Waals surface area (Å²) in [7, 11) is -3.77. The molecular formula is C13H19N3O5S. The van der Waals surface area contributed by atoms with Crippen molar-refractivity contribution in [2.75, 3.05) is 37.7 Å². The van der Waals surface area contributed by atoms with Gasteiger partial charge in [0.05, 0.1) is 18.1 Å². The molecule has 1 unspecified atom stereocenters. The maximum atomic E-state index is 12.1. The maximum Gasteiger partial charge on any atom is 0.321 e. The summed E-state index contributed by atoms with van der Waals surface area (Å²) >= 11 is 0. The van der Waals surface area contributed by atoms with Crippen LogP contribution in [-0.4, -0.2) is 58.4 Å². The van der Waals surface area contributed by atoms with Crippen molar-refractivity contribution in [3.8, 4) is 0 Å². The first-order valence-corrected chi connectivity index (χ1v) is 8.29. The lowest BCUT2D eigenvalue weighted by molar-refractivity contribution is -0.138. The van der Waals surface area contributed by atoms with E-state index in [-0.39, 0.29) is 11.4 Å². The van der Waals surface area contributed by atoms with Crippen LogP contribution in [0.3, 0.4) is 0 Å². The molecule has 1 heterocycles. The molecule has 122 valence electrons. The lowest BCUT2D eigenvalue weighted by Crippen LogP contribution is -2.42. The van der Waals surface area contributed by atoms with E-state index in [1.165, 1.54) is 12.1 Å². The zero-order valence-electron chi connectivity index (χ0n) is 11.9. The summed E-state index contributed by atoms with van der Waals surface area (Å²) in [5, 5.41) is 8.65. The van der Waals surface area contributed by atoms with Crippen LogP contribution in [0, 0.1) is 0 Å². The monoisotopic (exact) mass is 329 g/mol. The van der Waals surface area contributed by atoms with Gasteiger partial charge < -0.3 is 20.5 Å². The van der Waals surface area contributed by atoms with E-state index in [2.05, 4.69) is 9.62 Å². The third-order valence-electron chi connectivity index (χ3n) is 3.33. The first kappa shape index (κ1) is 16.7. The number of carboxylic acids is 1. The van der Waals surface area contributed by atoms with Gasteiger partial charge in [0.25, 0.3) is 0 Å². The molecule has 1 aromatic rings. The number of aliphatic carboxylic acids is 1. The van der Waals surface area contributed by atoms with Crippen molar-refractivity contribution in [3.05, 3.63) is 24.3 Å². The molecule has 1 saturated heterocycles. The molecule has 9 heteroatoms. The van der Waals surface area contributed by atoms with Gasteiger partial charge in [-0.05, 0) is 24.3 Å². The molecular weight excluding hydrogens is 310 g/mol. The Labute approximate surface area is 128 Å². The number of benzene rings is 1. The van der Waals surface area contributed by atoms with Crippen LogP contribution in [0.5, 0.6) is 0 Å². The van der Waals surface area contributed by atoms with Crippen LogP contribution in [0.25, 0.3) is 0 Å². The van der Waals surface area contributed by atoms with E-state index >= 15 is 0 Å². The minimum absolute atomic E-state index is 0.0714. The van der Waals surface area contributed by atoms with Crippen molar-refractivity contribution in [2.24, 2.45) is 5.73 Å². The van der Waals surface area contributed by atoms with Crippen LogP contribution >= 0.6 is 0 Å². The van der Waals surface area contributed by atoms with Crippen LogP contribution in [0.1, 0.15) is 0 Å². The Morgan fingerprint density at radius 1 is 1.32 bits per heavy atom. The lowest BCUT2D eigenvalue weighted by Gasteiger charge is -2.28. The fourth-order valence-corrected chi connectivity index (χ4v) is 3.09. The molecule has 0 radical (unpaired) electrons. The van der Waals surface area contributed by atoms with Crippen molar-refractivity contribution < 1.29 is 23.1 Å². The highest BCUT2D eigenvalue weighted by molar-refractivity contribution is 7.89. The van der Waals surface area contributed by atoms with E-state index in [0.717, 1.165) is 18.8 Å². The highest BCUT2D eigenvalue weighted by Crippen LogP contribution is 2.18. The second-order valence-electron chi connectivity index (χ2n) is 4.89. The van der Waals surface area contributed by atoms with Crippen molar-refractivity contribution in [1.29, 1.82) is 0 Å². The average molecular weight is 329 g/mol. The third-order valence-corrected chi connectivity index (χ3v) is 4.77. The summed E-state index contributed by atoms with van der Waals surface area (Å²) in [4.78, 5) is 12.8. The Kier molecular flexibility index (Phi) is 5.35. The molecule has 2 rings (SSSR count). The Hall–Kier alpha value is -1.68. The predicted octanol–water partition coefficient (Wildman–Crippen LogP) is -0.787. The minimum Gasteiger partial charge on any atom is -0.480 e. The van der Waals surface area contributed by atoms with Gasteiger partial charge >= 0.3 is 5.97 Å².